The first-order valence-corrected chi connectivity index (χ1v) is 9.58. The minimum atomic E-state index is -3.59. The molecule has 3 heterocycles. The highest BCUT2D eigenvalue weighted by Crippen LogP contribution is 2.36. The number of sulfonamides is 1. The molecule has 1 aromatic carbocycles. The van der Waals surface area contributed by atoms with Gasteiger partial charge in [-0.1, -0.05) is 0 Å². The Morgan fingerprint density at radius 2 is 1.88 bits per heavy atom. The number of hydrogen-bond donors (Lipinski definition) is 0. The average Bonchev–Trinajstić information content (AvgIpc) is 2.93. The van der Waals surface area contributed by atoms with E-state index in [1.54, 1.807) is 22.5 Å². The predicted octanol–water partition coefficient (Wildman–Crippen LogP) is 2.41. The summed E-state index contributed by atoms with van der Waals surface area (Å²) in [6.07, 6.45) is 2.78. The highest BCUT2D eigenvalue weighted by Gasteiger charge is 2.34. The Hall–Kier alpha value is -1.99. The van der Waals surface area contributed by atoms with E-state index in [4.69, 9.17) is 9.47 Å². The van der Waals surface area contributed by atoms with Crippen molar-refractivity contribution >= 4 is 10.0 Å². The van der Waals surface area contributed by atoms with E-state index in [2.05, 4.69) is 4.57 Å². The van der Waals surface area contributed by atoms with Gasteiger partial charge in [-0.3, -0.25) is 0 Å². The van der Waals surface area contributed by atoms with Crippen LogP contribution in [0.2, 0.25) is 0 Å². The summed E-state index contributed by atoms with van der Waals surface area (Å²) in [6.45, 7) is 4.16. The van der Waals surface area contributed by atoms with Gasteiger partial charge in [0.1, 0.15) is 0 Å². The van der Waals surface area contributed by atoms with Gasteiger partial charge in [0, 0.05) is 37.5 Å². The van der Waals surface area contributed by atoms with Crippen LogP contribution in [0.1, 0.15) is 25.1 Å². The summed E-state index contributed by atoms with van der Waals surface area (Å²) >= 11 is 0. The molecule has 7 heteroatoms. The van der Waals surface area contributed by atoms with Crippen LogP contribution in [0.25, 0.3) is 0 Å². The van der Waals surface area contributed by atoms with Gasteiger partial charge in [-0.2, -0.15) is 4.31 Å². The van der Waals surface area contributed by atoms with Gasteiger partial charge in [0.25, 0.3) is 0 Å². The number of fused-ring (bicyclic) bond motifs is 2. The molecule has 0 bridgehead atoms. The maximum Gasteiger partial charge on any atom is 0.243 e. The van der Waals surface area contributed by atoms with Crippen LogP contribution in [-0.2, 0) is 16.6 Å². The normalized spacial score (nSPS) is 21.1. The lowest BCUT2D eigenvalue weighted by Crippen LogP contribution is -2.40. The van der Waals surface area contributed by atoms with Gasteiger partial charge in [0.05, 0.1) is 24.2 Å². The fraction of sp³-hybridized carbons (Fsp3) is 0.412. The molecular formula is C17H20N2O4S. The van der Waals surface area contributed by atoms with Crippen LogP contribution in [0, 0.1) is 0 Å². The quantitative estimate of drug-likeness (QED) is 0.836. The minimum absolute atomic E-state index is 0.199. The van der Waals surface area contributed by atoms with Gasteiger partial charge < -0.3 is 14.0 Å². The third kappa shape index (κ3) is 2.48. The maximum absolute atomic E-state index is 13.1. The monoisotopic (exact) mass is 348 g/mol. The molecule has 2 aromatic rings. The van der Waals surface area contributed by atoms with Gasteiger partial charge in [-0.15, -0.1) is 0 Å². The number of nitrogens with zero attached hydrogens (tertiary/aromatic N) is 2. The molecule has 128 valence electrons. The lowest BCUT2D eigenvalue weighted by atomic mass is 10.2. The first-order valence-electron chi connectivity index (χ1n) is 8.14. The van der Waals surface area contributed by atoms with Crippen molar-refractivity contribution in [2.24, 2.45) is 0 Å². The van der Waals surface area contributed by atoms with E-state index in [1.165, 1.54) is 0 Å². The number of rotatable bonds is 2. The average molecular weight is 348 g/mol. The Morgan fingerprint density at radius 3 is 2.71 bits per heavy atom. The molecule has 2 aliphatic heterocycles. The summed E-state index contributed by atoms with van der Waals surface area (Å²) < 4.78 is 41.1. The molecule has 0 fully saturated rings. The third-order valence-electron chi connectivity index (χ3n) is 4.61. The number of hydrogen-bond acceptors (Lipinski definition) is 4. The second-order valence-electron chi connectivity index (χ2n) is 6.08. The molecule has 0 spiro atoms. The smallest absolute Gasteiger partial charge is 0.243 e. The van der Waals surface area contributed by atoms with Gasteiger partial charge in [-0.05, 0) is 31.2 Å². The minimum Gasteiger partial charge on any atom is -0.490 e. The SMILES string of the molecule is CC1c2cccn2CCN1S(=O)(=O)c1ccc2c(c1)OCCCO2. The van der Waals surface area contributed by atoms with E-state index in [9.17, 15) is 8.42 Å². The molecule has 0 saturated heterocycles. The summed E-state index contributed by atoms with van der Waals surface area (Å²) in [5, 5.41) is 0. The van der Waals surface area contributed by atoms with Crippen LogP contribution < -0.4 is 9.47 Å². The van der Waals surface area contributed by atoms with Crippen LogP contribution in [0.15, 0.2) is 41.4 Å². The van der Waals surface area contributed by atoms with Crippen molar-refractivity contribution < 1.29 is 17.9 Å². The van der Waals surface area contributed by atoms with Crippen molar-refractivity contribution in [3.8, 4) is 11.5 Å². The van der Waals surface area contributed by atoms with E-state index in [1.807, 2.05) is 25.3 Å². The van der Waals surface area contributed by atoms with Gasteiger partial charge in [-0.25, -0.2) is 8.42 Å². The Bertz CT molecular complexity index is 859. The molecule has 0 radical (unpaired) electrons. The largest absolute Gasteiger partial charge is 0.490 e. The molecule has 4 rings (SSSR count). The van der Waals surface area contributed by atoms with E-state index in [0.29, 0.717) is 37.8 Å². The molecule has 24 heavy (non-hydrogen) atoms. The first kappa shape index (κ1) is 15.5. The fourth-order valence-electron chi connectivity index (χ4n) is 3.33. The van der Waals surface area contributed by atoms with Crippen molar-refractivity contribution in [2.75, 3.05) is 19.8 Å². The molecule has 2 aliphatic rings. The van der Waals surface area contributed by atoms with E-state index in [0.717, 1.165) is 12.1 Å². The van der Waals surface area contributed by atoms with Crippen molar-refractivity contribution in [2.45, 2.75) is 30.8 Å². The fourth-order valence-corrected chi connectivity index (χ4v) is 4.94. The topological polar surface area (TPSA) is 60.8 Å². The lowest BCUT2D eigenvalue weighted by Gasteiger charge is -2.34. The van der Waals surface area contributed by atoms with E-state index in [-0.39, 0.29) is 10.9 Å². The Labute approximate surface area is 141 Å². The van der Waals surface area contributed by atoms with Crippen LogP contribution in [0.3, 0.4) is 0 Å². The lowest BCUT2D eigenvalue weighted by molar-refractivity contribution is 0.282. The number of aromatic nitrogens is 1. The molecule has 1 atom stereocenters. The van der Waals surface area contributed by atoms with Gasteiger partial charge >= 0.3 is 0 Å². The second kappa shape index (κ2) is 5.82. The van der Waals surface area contributed by atoms with Crippen LogP contribution in [-0.4, -0.2) is 37.0 Å². The summed E-state index contributed by atoms with van der Waals surface area (Å²) in [4.78, 5) is 0.249. The Morgan fingerprint density at radius 1 is 1.08 bits per heavy atom. The molecule has 1 unspecified atom stereocenters. The Kier molecular flexibility index (Phi) is 3.77. The number of benzene rings is 1. The molecular weight excluding hydrogens is 328 g/mol. The van der Waals surface area contributed by atoms with Crippen molar-refractivity contribution in [3.05, 3.63) is 42.2 Å². The number of ether oxygens (including phenoxy) is 2. The van der Waals surface area contributed by atoms with Gasteiger partial charge in [0.15, 0.2) is 11.5 Å². The summed E-state index contributed by atoms with van der Waals surface area (Å²) in [7, 11) is -3.59. The van der Waals surface area contributed by atoms with Crippen LogP contribution in [0.5, 0.6) is 11.5 Å². The Balaban J connectivity index is 1.70. The van der Waals surface area contributed by atoms with Crippen molar-refractivity contribution in [1.82, 2.24) is 8.87 Å². The standard InChI is InChI=1S/C17H20N2O4S/c1-13-15-4-2-7-18(15)8-9-19(13)24(20,21)14-5-6-16-17(12-14)23-11-3-10-22-16/h2,4-7,12-13H,3,8-11H2,1H3. The maximum atomic E-state index is 13.1. The first-order chi connectivity index (χ1) is 11.6. The zero-order valence-corrected chi connectivity index (χ0v) is 14.3. The molecule has 1 aromatic heterocycles. The van der Waals surface area contributed by atoms with E-state index >= 15 is 0 Å². The third-order valence-corrected chi connectivity index (χ3v) is 6.58. The zero-order chi connectivity index (χ0) is 16.7. The van der Waals surface area contributed by atoms with Gasteiger partial charge in [0.2, 0.25) is 10.0 Å². The van der Waals surface area contributed by atoms with Crippen LogP contribution in [0.4, 0.5) is 0 Å². The van der Waals surface area contributed by atoms with Crippen molar-refractivity contribution in [3.63, 3.8) is 0 Å². The highest BCUT2D eigenvalue weighted by atomic mass is 32.2. The summed E-state index contributed by atoms with van der Waals surface area (Å²) in [5.41, 5.74) is 1.01. The second-order valence-corrected chi connectivity index (χ2v) is 7.97. The summed E-state index contributed by atoms with van der Waals surface area (Å²) in [5.74, 6) is 1.11. The molecule has 0 aliphatic carbocycles. The molecule has 6 nitrogen and oxygen atoms in total. The highest BCUT2D eigenvalue weighted by molar-refractivity contribution is 7.89. The summed E-state index contributed by atoms with van der Waals surface area (Å²) in [6, 6.07) is 8.59. The van der Waals surface area contributed by atoms with Crippen molar-refractivity contribution in [1.29, 1.82) is 0 Å². The molecule has 0 saturated carbocycles. The van der Waals surface area contributed by atoms with Crippen LogP contribution >= 0.6 is 0 Å². The molecule has 0 amide bonds. The zero-order valence-electron chi connectivity index (χ0n) is 13.5. The predicted molar refractivity (Wildman–Crippen MR) is 88.8 cm³/mol. The van der Waals surface area contributed by atoms with E-state index < -0.39 is 10.0 Å². The molecule has 0 N–H and O–H groups in total.